The molecule has 1 saturated carbocycles. The first-order valence-electron chi connectivity index (χ1n) is 3.74. The summed E-state index contributed by atoms with van der Waals surface area (Å²) in [4.78, 5) is 13.7. The third-order valence-electron chi connectivity index (χ3n) is 2.04. The molecule has 1 unspecified atom stereocenters. The van der Waals surface area contributed by atoms with E-state index in [1.807, 2.05) is 6.92 Å². The molecule has 0 radical (unpaired) electrons. The zero-order chi connectivity index (χ0) is 8.32. The number of hydrogen-bond donors (Lipinski definition) is 0. The second kappa shape index (κ2) is 2.93. The van der Waals surface area contributed by atoms with Gasteiger partial charge >= 0.3 is 0 Å². The van der Waals surface area contributed by atoms with E-state index in [1.165, 1.54) is 0 Å². The Labute approximate surface area is 65.2 Å². The Morgan fingerprint density at radius 3 is 3.00 bits per heavy atom. The van der Waals surface area contributed by atoms with Crippen LogP contribution in [-0.2, 0) is 4.79 Å². The van der Waals surface area contributed by atoms with Crippen LogP contribution in [0.2, 0.25) is 0 Å². The molecule has 0 heterocycles. The van der Waals surface area contributed by atoms with Crippen molar-refractivity contribution in [1.29, 1.82) is 0 Å². The molecule has 1 atom stereocenters. The van der Waals surface area contributed by atoms with Crippen LogP contribution in [0.1, 0.15) is 32.6 Å². The van der Waals surface area contributed by atoms with Gasteiger partial charge in [-0.2, -0.15) is 0 Å². The van der Waals surface area contributed by atoms with Crippen LogP contribution in [0.15, 0.2) is 5.11 Å². The first-order valence-corrected chi connectivity index (χ1v) is 3.74. The average Bonchev–Trinajstić information content (AvgIpc) is 1.86. The Hall–Kier alpha value is -1.02. The second-order valence-corrected chi connectivity index (χ2v) is 3.26. The zero-order valence-corrected chi connectivity index (χ0v) is 6.58. The maximum Gasteiger partial charge on any atom is 0.133 e. The van der Waals surface area contributed by atoms with Crippen molar-refractivity contribution in [1.82, 2.24) is 0 Å². The van der Waals surface area contributed by atoms with Crippen LogP contribution < -0.4 is 0 Å². The van der Waals surface area contributed by atoms with Crippen molar-refractivity contribution in [3.8, 4) is 0 Å². The molecule has 0 saturated heterocycles. The fraction of sp³-hybridized carbons (Fsp3) is 0.857. The molecular formula is C7H11N3O. The monoisotopic (exact) mass is 153 g/mol. The molecule has 1 rings (SSSR count). The van der Waals surface area contributed by atoms with Crippen LogP contribution in [0.3, 0.4) is 0 Å². The van der Waals surface area contributed by atoms with Gasteiger partial charge in [0.25, 0.3) is 0 Å². The summed E-state index contributed by atoms with van der Waals surface area (Å²) in [5.74, 6) is 0.214. The summed E-state index contributed by atoms with van der Waals surface area (Å²) in [5, 5.41) is 3.63. The SMILES string of the molecule is CC1(N=[N+]=[N-])CCCC(=O)C1. The number of azide groups is 1. The smallest absolute Gasteiger partial charge is 0.133 e. The highest BCUT2D eigenvalue weighted by atomic mass is 16.1. The predicted octanol–water partition coefficient (Wildman–Crippen LogP) is 2.20. The molecule has 60 valence electrons. The predicted molar refractivity (Wildman–Crippen MR) is 41.0 cm³/mol. The van der Waals surface area contributed by atoms with Gasteiger partial charge in [-0.1, -0.05) is 12.0 Å². The van der Waals surface area contributed by atoms with Crippen molar-refractivity contribution in [3.63, 3.8) is 0 Å². The van der Waals surface area contributed by atoms with Crippen LogP contribution in [0.5, 0.6) is 0 Å². The summed E-state index contributed by atoms with van der Waals surface area (Å²) < 4.78 is 0. The van der Waals surface area contributed by atoms with Crippen molar-refractivity contribution in [3.05, 3.63) is 10.4 Å². The molecule has 0 aromatic carbocycles. The van der Waals surface area contributed by atoms with Crippen molar-refractivity contribution < 1.29 is 4.79 Å². The van der Waals surface area contributed by atoms with E-state index < -0.39 is 5.54 Å². The molecule has 4 heteroatoms. The first-order chi connectivity index (χ1) is 5.16. The van der Waals surface area contributed by atoms with Crippen LogP contribution >= 0.6 is 0 Å². The third-order valence-corrected chi connectivity index (χ3v) is 2.04. The molecule has 4 nitrogen and oxygen atoms in total. The lowest BCUT2D eigenvalue weighted by molar-refractivity contribution is -0.121. The molecule has 0 aromatic heterocycles. The van der Waals surface area contributed by atoms with E-state index in [1.54, 1.807) is 0 Å². The molecule has 0 aliphatic heterocycles. The van der Waals surface area contributed by atoms with Crippen LogP contribution in [0.25, 0.3) is 10.4 Å². The third kappa shape index (κ3) is 1.95. The average molecular weight is 153 g/mol. The number of Topliss-reactive ketones (excluding diaryl/α,β-unsaturated/α-hetero) is 1. The Kier molecular flexibility index (Phi) is 2.15. The molecule has 1 fully saturated rings. The number of carbonyl (C=O) groups excluding carboxylic acids is 1. The van der Waals surface area contributed by atoms with Gasteiger partial charge in [-0.25, -0.2) is 0 Å². The van der Waals surface area contributed by atoms with E-state index in [2.05, 4.69) is 10.0 Å². The van der Waals surface area contributed by atoms with E-state index in [-0.39, 0.29) is 5.78 Å². The molecule has 0 bridgehead atoms. The highest BCUT2D eigenvalue weighted by Crippen LogP contribution is 2.28. The minimum absolute atomic E-state index is 0.214. The maximum absolute atomic E-state index is 11.0. The quantitative estimate of drug-likeness (QED) is 0.323. The standard InChI is InChI=1S/C7H11N3O/c1-7(9-10-8)4-2-3-6(11)5-7/h2-5H2,1H3. The summed E-state index contributed by atoms with van der Waals surface area (Å²) in [7, 11) is 0. The minimum Gasteiger partial charge on any atom is -0.300 e. The maximum atomic E-state index is 11.0. The number of rotatable bonds is 1. The second-order valence-electron chi connectivity index (χ2n) is 3.26. The molecular weight excluding hydrogens is 142 g/mol. The van der Waals surface area contributed by atoms with E-state index in [0.717, 1.165) is 12.8 Å². The first kappa shape index (κ1) is 8.08. The lowest BCUT2D eigenvalue weighted by Crippen LogP contribution is -2.29. The van der Waals surface area contributed by atoms with Crippen molar-refractivity contribution in [2.24, 2.45) is 5.11 Å². The molecule has 0 N–H and O–H groups in total. The Morgan fingerprint density at radius 2 is 2.45 bits per heavy atom. The number of ketones is 1. The summed E-state index contributed by atoms with van der Waals surface area (Å²) in [6.07, 6.45) is 2.75. The molecule has 0 amide bonds. The van der Waals surface area contributed by atoms with Gasteiger partial charge in [-0.15, -0.1) is 0 Å². The van der Waals surface area contributed by atoms with E-state index >= 15 is 0 Å². The molecule has 0 spiro atoms. The lowest BCUT2D eigenvalue weighted by atomic mass is 9.83. The van der Waals surface area contributed by atoms with Gasteiger partial charge in [0, 0.05) is 17.8 Å². The van der Waals surface area contributed by atoms with Crippen molar-refractivity contribution in [2.45, 2.75) is 38.1 Å². The topological polar surface area (TPSA) is 65.8 Å². The molecule has 1 aliphatic rings. The molecule has 1 aliphatic carbocycles. The normalized spacial score (nSPS) is 31.2. The summed E-state index contributed by atoms with van der Waals surface area (Å²) >= 11 is 0. The van der Waals surface area contributed by atoms with Gasteiger partial charge in [-0.05, 0) is 18.4 Å². The van der Waals surface area contributed by atoms with Gasteiger partial charge in [-0.3, -0.25) is 4.79 Å². The number of nitrogens with zero attached hydrogens (tertiary/aromatic N) is 3. The molecule has 0 aromatic rings. The van der Waals surface area contributed by atoms with E-state index in [4.69, 9.17) is 5.53 Å². The lowest BCUT2D eigenvalue weighted by Gasteiger charge is -2.26. The van der Waals surface area contributed by atoms with E-state index in [9.17, 15) is 4.79 Å². The highest BCUT2D eigenvalue weighted by Gasteiger charge is 2.29. The minimum atomic E-state index is -0.440. The van der Waals surface area contributed by atoms with Gasteiger partial charge < -0.3 is 0 Å². The van der Waals surface area contributed by atoms with Gasteiger partial charge in [0.05, 0.1) is 5.54 Å². The van der Waals surface area contributed by atoms with E-state index in [0.29, 0.717) is 12.8 Å². The fourth-order valence-electron chi connectivity index (χ4n) is 1.46. The van der Waals surface area contributed by atoms with Crippen LogP contribution in [0.4, 0.5) is 0 Å². The van der Waals surface area contributed by atoms with Crippen LogP contribution in [-0.4, -0.2) is 11.3 Å². The van der Waals surface area contributed by atoms with Gasteiger partial charge in [0.2, 0.25) is 0 Å². The summed E-state index contributed by atoms with van der Waals surface area (Å²) in [5.41, 5.74) is 7.78. The number of hydrogen-bond acceptors (Lipinski definition) is 2. The highest BCUT2D eigenvalue weighted by molar-refractivity contribution is 5.80. The summed E-state index contributed by atoms with van der Waals surface area (Å²) in [6.45, 7) is 1.84. The van der Waals surface area contributed by atoms with Gasteiger partial charge in [0.15, 0.2) is 0 Å². The van der Waals surface area contributed by atoms with Gasteiger partial charge in [0.1, 0.15) is 5.78 Å². The Balaban J connectivity index is 2.69. The van der Waals surface area contributed by atoms with Crippen molar-refractivity contribution >= 4 is 5.78 Å². The molecule has 11 heavy (non-hydrogen) atoms. The van der Waals surface area contributed by atoms with Crippen LogP contribution in [0, 0.1) is 0 Å². The Bertz CT molecular complexity index is 220. The fourth-order valence-corrected chi connectivity index (χ4v) is 1.46. The zero-order valence-electron chi connectivity index (χ0n) is 6.58. The Morgan fingerprint density at radius 1 is 1.73 bits per heavy atom. The van der Waals surface area contributed by atoms with Crippen molar-refractivity contribution in [2.75, 3.05) is 0 Å². The number of carbonyl (C=O) groups is 1. The largest absolute Gasteiger partial charge is 0.300 e. The summed E-state index contributed by atoms with van der Waals surface area (Å²) in [6, 6.07) is 0.